The predicted octanol–water partition coefficient (Wildman–Crippen LogP) is 6.45. The molecule has 0 bridgehead atoms. The van der Waals surface area contributed by atoms with Crippen LogP contribution in [0.2, 0.25) is 0 Å². The van der Waals surface area contributed by atoms with E-state index in [9.17, 15) is 18.3 Å². The number of aryl methyl sites for hydroxylation is 4. The number of carbonyl (C=O) groups is 1. The van der Waals surface area contributed by atoms with Crippen molar-refractivity contribution in [3.63, 3.8) is 0 Å². The van der Waals surface area contributed by atoms with Crippen molar-refractivity contribution in [2.24, 2.45) is 11.3 Å². The Bertz CT molecular complexity index is 1770. The second kappa shape index (κ2) is 11.2. The van der Waals surface area contributed by atoms with Crippen molar-refractivity contribution < 1.29 is 18.3 Å². The molecule has 8 nitrogen and oxygen atoms in total. The minimum atomic E-state index is -3.71. The average Bonchev–Trinajstić information content (AvgIpc) is 3.50. The fourth-order valence-electron chi connectivity index (χ4n) is 6.18. The van der Waals surface area contributed by atoms with Crippen LogP contribution in [0.1, 0.15) is 77.6 Å². The third-order valence-corrected chi connectivity index (χ3v) is 12.0. The van der Waals surface area contributed by atoms with Crippen LogP contribution in [0.25, 0.3) is 11.0 Å². The first-order chi connectivity index (χ1) is 19.8. The van der Waals surface area contributed by atoms with Gasteiger partial charge in [-0.15, -0.1) is 16.4 Å². The first kappa shape index (κ1) is 30.4. The summed E-state index contributed by atoms with van der Waals surface area (Å²) in [5, 5.41) is 19.1. The number of aromatic nitrogens is 3. The highest BCUT2D eigenvalue weighted by Gasteiger charge is 2.42. The van der Waals surface area contributed by atoms with E-state index in [0.29, 0.717) is 18.0 Å². The van der Waals surface area contributed by atoms with E-state index in [2.05, 4.69) is 17.2 Å². The molecule has 0 spiro atoms. The van der Waals surface area contributed by atoms with Crippen LogP contribution in [-0.4, -0.2) is 45.3 Å². The molecule has 0 radical (unpaired) electrons. The van der Waals surface area contributed by atoms with E-state index in [4.69, 9.17) is 0 Å². The molecule has 2 aromatic carbocycles. The maximum absolute atomic E-state index is 14.0. The molecule has 42 heavy (non-hydrogen) atoms. The Balaban J connectivity index is 1.59. The molecule has 2 aromatic heterocycles. The third kappa shape index (κ3) is 5.18. The zero-order valence-corrected chi connectivity index (χ0v) is 27.1. The summed E-state index contributed by atoms with van der Waals surface area (Å²) in [6, 6.07) is 11.7. The molecule has 2 atom stereocenters. The standard InChI is InChI=1S/C32H40N4O4S2/c1-8-22-15-23-11-10-19(3)14-28(23)42(39,40)35(17-22)18-24-16-27(41-21(24)5)29(32(6,7)31(37)38)25-12-13-26-30(20(25)4)33-34-36(26)9-2/h10-14,16,22,29H,8-9,15,17-18H2,1-7H3,(H,37,38)/t22-,29+/m0/s1. The normalized spacial score (nSPS) is 18.1. The lowest BCUT2D eigenvalue weighted by Gasteiger charge is -2.31. The second-order valence-electron chi connectivity index (χ2n) is 12.1. The minimum Gasteiger partial charge on any atom is -0.481 e. The number of carboxylic acids is 1. The van der Waals surface area contributed by atoms with Gasteiger partial charge in [0.1, 0.15) is 5.52 Å². The van der Waals surface area contributed by atoms with Crippen molar-refractivity contribution in [1.82, 2.24) is 19.3 Å². The fraction of sp³-hybridized carbons (Fsp3) is 0.469. The van der Waals surface area contributed by atoms with Gasteiger partial charge in [-0.2, -0.15) is 4.31 Å². The molecule has 0 saturated carbocycles. The molecule has 1 N–H and O–H groups in total. The van der Waals surface area contributed by atoms with E-state index in [-0.39, 0.29) is 12.5 Å². The summed E-state index contributed by atoms with van der Waals surface area (Å²) in [6.07, 6.45) is 1.61. The lowest BCUT2D eigenvalue weighted by atomic mass is 9.72. The lowest BCUT2D eigenvalue weighted by molar-refractivity contribution is -0.147. The van der Waals surface area contributed by atoms with Gasteiger partial charge >= 0.3 is 5.97 Å². The predicted molar refractivity (Wildman–Crippen MR) is 167 cm³/mol. The summed E-state index contributed by atoms with van der Waals surface area (Å²) in [4.78, 5) is 15.0. The van der Waals surface area contributed by atoms with E-state index < -0.39 is 27.3 Å². The number of hydrogen-bond donors (Lipinski definition) is 1. The Labute approximate surface area is 252 Å². The maximum Gasteiger partial charge on any atom is 0.310 e. The fourth-order valence-corrected chi connectivity index (χ4v) is 9.34. The van der Waals surface area contributed by atoms with E-state index in [1.807, 2.05) is 62.7 Å². The number of thiophene rings is 1. The van der Waals surface area contributed by atoms with E-state index >= 15 is 0 Å². The van der Waals surface area contributed by atoms with Crippen LogP contribution in [-0.2, 0) is 34.3 Å². The highest BCUT2D eigenvalue weighted by atomic mass is 32.2. The van der Waals surface area contributed by atoms with Crippen LogP contribution in [0.4, 0.5) is 0 Å². The van der Waals surface area contributed by atoms with Gasteiger partial charge in [0.15, 0.2) is 0 Å². The summed E-state index contributed by atoms with van der Waals surface area (Å²) < 4.78 is 31.5. The Morgan fingerprint density at radius 1 is 1.14 bits per heavy atom. The quantitative estimate of drug-likeness (QED) is 0.246. The number of fused-ring (bicyclic) bond motifs is 2. The van der Waals surface area contributed by atoms with Crippen LogP contribution < -0.4 is 0 Å². The van der Waals surface area contributed by atoms with Gasteiger partial charge in [0.2, 0.25) is 10.0 Å². The number of sulfonamides is 1. The molecule has 0 aliphatic carbocycles. The number of hydrogen-bond acceptors (Lipinski definition) is 6. The van der Waals surface area contributed by atoms with Gasteiger partial charge in [-0.05, 0) is 99.9 Å². The first-order valence-electron chi connectivity index (χ1n) is 14.5. The number of benzene rings is 2. The van der Waals surface area contributed by atoms with Gasteiger partial charge in [-0.1, -0.05) is 36.8 Å². The molecule has 1 aliphatic heterocycles. The van der Waals surface area contributed by atoms with Crippen molar-refractivity contribution in [3.05, 3.63) is 74.0 Å². The molecule has 0 amide bonds. The summed E-state index contributed by atoms with van der Waals surface area (Å²) in [5.41, 5.74) is 5.07. The Morgan fingerprint density at radius 3 is 2.55 bits per heavy atom. The van der Waals surface area contributed by atoms with Gasteiger partial charge in [0, 0.05) is 35.3 Å². The van der Waals surface area contributed by atoms with Crippen LogP contribution in [0, 0.1) is 32.1 Å². The van der Waals surface area contributed by atoms with Gasteiger partial charge in [-0.3, -0.25) is 4.79 Å². The summed E-state index contributed by atoms with van der Waals surface area (Å²) in [5.74, 6) is -1.15. The van der Waals surface area contributed by atoms with E-state index in [0.717, 1.165) is 61.4 Å². The van der Waals surface area contributed by atoms with Crippen LogP contribution in [0.5, 0.6) is 0 Å². The smallest absolute Gasteiger partial charge is 0.310 e. The number of nitrogens with zero attached hydrogens (tertiary/aromatic N) is 4. The highest BCUT2D eigenvalue weighted by Crippen LogP contribution is 2.47. The summed E-state index contributed by atoms with van der Waals surface area (Å²) in [7, 11) is -3.71. The van der Waals surface area contributed by atoms with Crippen LogP contribution >= 0.6 is 11.3 Å². The van der Waals surface area contributed by atoms with Crippen LogP contribution in [0.15, 0.2) is 41.3 Å². The number of aliphatic carboxylic acids is 1. The summed E-state index contributed by atoms with van der Waals surface area (Å²) >= 11 is 1.55. The Morgan fingerprint density at radius 2 is 1.88 bits per heavy atom. The monoisotopic (exact) mass is 608 g/mol. The largest absolute Gasteiger partial charge is 0.481 e. The molecular weight excluding hydrogens is 569 g/mol. The molecule has 3 heterocycles. The molecule has 0 saturated heterocycles. The van der Waals surface area contributed by atoms with Crippen molar-refractivity contribution in [1.29, 1.82) is 0 Å². The average molecular weight is 609 g/mol. The lowest BCUT2D eigenvalue weighted by Crippen LogP contribution is -2.33. The van der Waals surface area contributed by atoms with Gasteiger partial charge < -0.3 is 5.11 Å². The molecule has 10 heteroatoms. The zero-order chi connectivity index (χ0) is 30.6. The first-order valence-corrected chi connectivity index (χ1v) is 16.8. The SMILES string of the molecule is CC[C@H]1Cc2ccc(C)cc2S(=O)(=O)N(Cc2cc([C@@H](c3ccc4c(nnn4CC)c3C)C(C)(C)C(=O)O)sc2C)C1. The van der Waals surface area contributed by atoms with Gasteiger partial charge in [0.05, 0.1) is 15.8 Å². The molecule has 1 aliphatic rings. The van der Waals surface area contributed by atoms with Gasteiger partial charge in [-0.25, -0.2) is 13.1 Å². The Hall–Kier alpha value is -3.08. The molecule has 0 unspecified atom stereocenters. The maximum atomic E-state index is 14.0. The summed E-state index contributed by atoms with van der Waals surface area (Å²) in [6.45, 7) is 14.9. The van der Waals surface area contributed by atoms with Crippen LogP contribution in [0.3, 0.4) is 0 Å². The van der Waals surface area contributed by atoms with Crippen molar-refractivity contribution in [2.75, 3.05) is 6.54 Å². The molecule has 5 rings (SSSR count). The molecule has 0 fully saturated rings. The third-order valence-electron chi connectivity index (χ3n) is 8.92. The second-order valence-corrected chi connectivity index (χ2v) is 15.3. The molecular formula is C32H40N4O4S2. The Kier molecular flexibility index (Phi) is 8.10. The van der Waals surface area contributed by atoms with Gasteiger partial charge in [0.25, 0.3) is 0 Å². The topological polar surface area (TPSA) is 105 Å². The molecule has 4 aromatic rings. The number of rotatable bonds is 8. The van der Waals surface area contributed by atoms with Crippen molar-refractivity contribution >= 4 is 38.4 Å². The minimum absolute atomic E-state index is 0.215. The van der Waals surface area contributed by atoms with E-state index in [1.54, 1.807) is 35.6 Å². The van der Waals surface area contributed by atoms with E-state index in [1.165, 1.54) is 0 Å². The van der Waals surface area contributed by atoms with Crippen molar-refractivity contribution in [3.8, 4) is 0 Å². The number of carboxylic acid groups (broad SMARTS) is 1. The molecule has 224 valence electrons. The highest BCUT2D eigenvalue weighted by molar-refractivity contribution is 7.89. The van der Waals surface area contributed by atoms with Crippen molar-refractivity contribution in [2.45, 2.75) is 85.2 Å². The zero-order valence-electron chi connectivity index (χ0n) is 25.4.